The van der Waals surface area contributed by atoms with Gasteiger partial charge in [-0.1, -0.05) is 39.5 Å². The summed E-state index contributed by atoms with van der Waals surface area (Å²) in [6, 6.07) is 3.34. The van der Waals surface area contributed by atoms with Gasteiger partial charge >= 0.3 is 17.9 Å². The van der Waals surface area contributed by atoms with Crippen molar-refractivity contribution in [3.63, 3.8) is 0 Å². The lowest BCUT2D eigenvalue weighted by atomic mass is 10.0. The molecule has 0 unspecified atom stereocenters. The molecule has 6 heteroatoms. The van der Waals surface area contributed by atoms with Crippen LogP contribution in [0.3, 0.4) is 0 Å². The van der Waals surface area contributed by atoms with Crippen LogP contribution in [0.25, 0.3) is 0 Å². The molecule has 2 N–H and O–H groups in total. The average Bonchev–Trinajstić information content (AvgIpc) is 2.52. The number of ether oxygens (including phenoxy) is 1. The zero-order valence-corrected chi connectivity index (χ0v) is 14.1. The zero-order valence-electron chi connectivity index (χ0n) is 14.1. The smallest absolute Gasteiger partial charge is 0.339 e. The summed E-state index contributed by atoms with van der Waals surface area (Å²) in [5.41, 5.74) is -0.682. The number of unbranched alkanes of at least 4 members (excludes halogenated alkanes) is 3. The standard InChI is InChI=1S/C18H24O6/c1-12(2)7-5-3-4-6-10-24-18(23)14-9-8-13(16(19)20)11-15(14)17(21)22/h8-9,11-12H,3-7,10H2,1-2H3,(H,19,20)(H,21,22). The molecule has 0 radical (unpaired) electrons. The average molecular weight is 336 g/mol. The van der Waals surface area contributed by atoms with Gasteiger partial charge in [0.05, 0.1) is 23.3 Å². The molecule has 6 nitrogen and oxygen atoms in total. The van der Waals surface area contributed by atoms with E-state index in [1.165, 1.54) is 18.6 Å². The Morgan fingerprint density at radius 1 is 0.958 bits per heavy atom. The molecule has 0 heterocycles. The number of benzene rings is 1. The molecule has 0 spiro atoms. The van der Waals surface area contributed by atoms with Crippen molar-refractivity contribution in [3.05, 3.63) is 34.9 Å². The first-order valence-electron chi connectivity index (χ1n) is 8.10. The van der Waals surface area contributed by atoms with E-state index in [4.69, 9.17) is 14.9 Å². The van der Waals surface area contributed by atoms with Crippen LogP contribution in [0.4, 0.5) is 0 Å². The fourth-order valence-corrected chi connectivity index (χ4v) is 2.28. The van der Waals surface area contributed by atoms with Gasteiger partial charge in [-0.3, -0.25) is 0 Å². The Hall–Kier alpha value is -2.37. The van der Waals surface area contributed by atoms with E-state index in [9.17, 15) is 14.4 Å². The van der Waals surface area contributed by atoms with Crippen molar-refractivity contribution in [1.29, 1.82) is 0 Å². The third-order valence-corrected chi connectivity index (χ3v) is 3.63. The summed E-state index contributed by atoms with van der Waals surface area (Å²) < 4.78 is 5.10. The van der Waals surface area contributed by atoms with E-state index >= 15 is 0 Å². The number of hydrogen-bond donors (Lipinski definition) is 2. The molecule has 0 atom stereocenters. The molecule has 0 amide bonds. The van der Waals surface area contributed by atoms with E-state index in [2.05, 4.69) is 13.8 Å². The number of esters is 1. The van der Waals surface area contributed by atoms with Crippen LogP contribution in [0.1, 0.15) is 77.0 Å². The van der Waals surface area contributed by atoms with Crippen molar-refractivity contribution < 1.29 is 29.3 Å². The quantitative estimate of drug-likeness (QED) is 0.497. The summed E-state index contributed by atoms with van der Waals surface area (Å²) >= 11 is 0. The highest BCUT2D eigenvalue weighted by molar-refractivity contribution is 6.04. The van der Waals surface area contributed by atoms with Crippen LogP contribution in [0.2, 0.25) is 0 Å². The van der Waals surface area contributed by atoms with Crippen molar-refractivity contribution in [2.75, 3.05) is 6.61 Å². The fraction of sp³-hybridized carbons (Fsp3) is 0.500. The van der Waals surface area contributed by atoms with E-state index in [1.807, 2.05) is 0 Å². The number of carbonyl (C=O) groups excluding carboxylic acids is 1. The first-order valence-corrected chi connectivity index (χ1v) is 8.10. The summed E-state index contributed by atoms with van der Waals surface area (Å²) in [4.78, 5) is 34.1. The largest absolute Gasteiger partial charge is 0.478 e. The van der Waals surface area contributed by atoms with Gasteiger partial charge < -0.3 is 14.9 Å². The molecule has 0 aliphatic carbocycles. The summed E-state index contributed by atoms with van der Waals surface area (Å²) in [7, 11) is 0. The Morgan fingerprint density at radius 3 is 2.21 bits per heavy atom. The second-order valence-corrected chi connectivity index (χ2v) is 6.10. The second-order valence-electron chi connectivity index (χ2n) is 6.10. The Bertz CT molecular complexity index is 591. The van der Waals surface area contributed by atoms with Gasteiger partial charge in [0.15, 0.2) is 0 Å². The lowest BCUT2D eigenvalue weighted by Gasteiger charge is -2.08. The third kappa shape index (κ3) is 6.40. The maximum atomic E-state index is 12.0. The topological polar surface area (TPSA) is 101 Å². The second kappa shape index (κ2) is 9.70. The van der Waals surface area contributed by atoms with E-state index in [0.717, 1.165) is 31.7 Å². The monoisotopic (exact) mass is 336 g/mol. The summed E-state index contributed by atoms with van der Waals surface area (Å²) in [6.45, 7) is 4.58. The summed E-state index contributed by atoms with van der Waals surface area (Å²) in [5, 5.41) is 18.0. The Balaban J connectivity index is 2.53. The molecule has 0 aliphatic rings. The molecule has 1 aromatic rings. The minimum absolute atomic E-state index is 0.132. The van der Waals surface area contributed by atoms with E-state index in [0.29, 0.717) is 5.92 Å². The van der Waals surface area contributed by atoms with Crippen LogP contribution < -0.4 is 0 Å². The maximum absolute atomic E-state index is 12.0. The molecule has 0 saturated heterocycles. The van der Waals surface area contributed by atoms with Crippen LogP contribution >= 0.6 is 0 Å². The van der Waals surface area contributed by atoms with Gasteiger partial charge in [0.2, 0.25) is 0 Å². The molecule has 1 rings (SSSR count). The highest BCUT2D eigenvalue weighted by Crippen LogP contribution is 2.15. The van der Waals surface area contributed by atoms with Gasteiger partial charge in [0.1, 0.15) is 0 Å². The zero-order chi connectivity index (χ0) is 18.1. The maximum Gasteiger partial charge on any atom is 0.339 e. The third-order valence-electron chi connectivity index (χ3n) is 3.63. The number of hydrogen-bond acceptors (Lipinski definition) is 4. The predicted octanol–water partition coefficient (Wildman–Crippen LogP) is 3.85. The molecule has 24 heavy (non-hydrogen) atoms. The predicted molar refractivity (Wildman–Crippen MR) is 88.6 cm³/mol. The number of carbonyl (C=O) groups is 3. The SMILES string of the molecule is CC(C)CCCCCCOC(=O)c1ccc(C(=O)O)cc1C(=O)O. The van der Waals surface area contributed by atoms with Gasteiger partial charge in [-0.15, -0.1) is 0 Å². The minimum atomic E-state index is -1.36. The summed E-state index contributed by atoms with van der Waals surface area (Å²) in [5.74, 6) is -2.67. The highest BCUT2D eigenvalue weighted by atomic mass is 16.5. The molecule has 0 bridgehead atoms. The normalized spacial score (nSPS) is 10.6. The van der Waals surface area contributed by atoms with Crippen LogP contribution in [0.5, 0.6) is 0 Å². The molecule has 0 aromatic heterocycles. The first kappa shape index (κ1) is 19.7. The first-order chi connectivity index (χ1) is 11.3. The molecule has 0 aliphatic heterocycles. The van der Waals surface area contributed by atoms with Crippen molar-refractivity contribution in [2.24, 2.45) is 5.92 Å². The molecule has 132 valence electrons. The number of carboxylic acids is 2. The van der Waals surface area contributed by atoms with E-state index in [1.54, 1.807) is 0 Å². The number of rotatable bonds is 10. The fourth-order valence-electron chi connectivity index (χ4n) is 2.28. The lowest BCUT2D eigenvalue weighted by Crippen LogP contribution is -2.13. The molecule has 1 aromatic carbocycles. The number of carboxylic acid groups (broad SMARTS) is 2. The molecule has 0 fully saturated rings. The van der Waals surface area contributed by atoms with Gasteiger partial charge in [-0.05, 0) is 30.5 Å². The van der Waals surface area contributed by atoms with Crippen LogP contribution in [0, 0.1) is 5.92 Å². The van der Waals surface area contributed by atoms with Gasteiger partial charge in [0, 0.05) is 0 Å². The Kier molecular flexibility index (Phi) is 7.95. The van der Waals surface area contributed by atoms with Crippen molar-refractivity contribution in [1.82, 2.24) is 0 Å². The van der Waals surface area contributed by atoms with Crippen LogP contribution in [-0.2, 0) is 4.74 Å². The van der Waals surface area contributed by atoms with Crippen molar-refractivity contribution >= 4 is 17.9 Å². The van der Waals surface area contributed by atoms with E-state index in [-0.39, 0.29) is 23.3 Å². The van der Waals surface area contributed by atoms with Gasteiger partial charge in [-0.25, -0.2) is 14.4 Å². The lowest BCUT2D eigenvalue weighted by molar-refractivity contribution is 0.0486. The molecule has 0 saturated carbocycles. The van der Waals surface area contributed by atoms with Crippen molar-refractivity contribution in [2.45, 2.75) is 46.0 Å². The summed E-state index contributed by atoms with van der Waals surface area (Å²) in [6.07, 6.45) is 5.07. The molecular weight excluding hydrogens is 312 g/mol. The minimum Gasteiger partial charge on any atom is -0.478 e. The Labute approximate surface area is 141 Å². The van der Waals surface area contributed by atoms with Gasteiger partial charge in [0.25, 0.3) is 0 Å². The van der Waals surface area contributed by atoms with Crippen LogP contribution in [0.15, 0.2) is 18.2 Å². The number of aromatic carboxylic acids is 2. The highest BCUT2D eigenvalue weighted by Gasteiger charge is 2.19. The van der Waals surface area contributed by atoms with Crippen LogP contribution in [-0.4, -0.2) is 34.7 Å². The molecular formula is C18H24O6. The van der Waals surface area contributed by atoms with Crippen molar-refractivity contribution in [3.8, 4) is 0 Å². The van der Waals surface area contributed by atoms with Gasteiger partial charge in [-0.2, -0.15) is 0 Å². The Morgan fingerprint density at radius 2 is 1.62 bits per heavy atom. The van der Waals surface area contributed by atoms with E-state index < -0.39 is 17.9 Å².